The van der Waals surface area contributed by atoms with Crippen LogP contribution in [0.2, 0.25) is 0 Å². The predicted octanol–water partition coefficient (Wildman–Crippen LogP) is 4.88. The minimum absolute atomic E-state index is 0.0386. The predicted molar refractivity (Wildman–Crippen MR) is 124 cm³/mol. The van der Waals surface area contributed by atoms with Gasteiger partial charge in [0, 0.05) is 30.7 Å². The van der Waals surface area contributed by atoms with Crippen LogP contribution in [0.15, 0.2) is 34.2 Å². The Morgan fingerprint density at radius 2 is 2.13 bits per heavy atom. The fourth-order valence-corrected chi connectivity index (χ4v) is 5.57. The molecule has 30 heavy (non-hydrogen) atoms. The molecule has 0 aliphatic heterocycles. The average molecular weight is 501 g/mol. The van der Waals surface area contributed by atoms with Gasteiger partial charge in [-0.25, -0.2) is 0 Å². The van der Waals surface area contributed by atoms with Crippen LogP contribution in [-0.4, -0.2) is 46.7 Å². The van der Waals surface area contributed by atoms with E-state index in [4.69, 9.17) is 9.84 Å². The number of aliphatic carboxylic acids is 1. The number of halogens is 1. The summed E-state index contributed by atoms with van der Waals surface area (Å²) in [5.74, 6) is -0.933. The quantitative estimate of drug-likeness (QED) is 0.281. The van der Waals surface area contributed by atoms with E-state index < -0.39 is 18.2 Å². The zero-order valence-electron chi connectivity index (χ0n) is 17.7. The van der Waals surface area contributed by atoms with Crippen LogP contribution < -0.4 is 0 Å². The number of aliphatic hydroxyl groups is 2. The van der Waals surface area contributed by atoms with Crippen molar-refractivity contribution in [2.45, 2.75) is 70.2 Å². The highest BCUT2D eigenvalue weighted by atomic mass is 79.9. The molecule has 2 rings (SSSR count). The maximum absolute atomic E-state index is 10.6. The van der Waals surface area contributed by atoms with E-state index in [0.717, 1.165) is 12.8 Å². The van der Waals surface area contributed by atoms with E-state index >= 15 is 0 Å². The summed E-state index contributed by atoms with van der Waals surface area (Å²) in [5.41, 5.74) is 1.25. The molecule has 7 heteroatoms. The fraction of sp³-hybridized carbons (Fsp3) is 0.609. The molecule has 5 nitrogen and oxygen atoms in total. The molecular weight excluding hydrogens is 468 g/mol. The summed E-state index contributed by atoms with van der Waals surface area (Å²) in [6.45, 7) is 2.09. The Hall–Kier alpha value is -0.990. The van der Waals surface area contributed by atoms with Crippen LogP contribution in [0.25, 0.3) is 0 Å². The minimum Gasteiger partial charge on any atom is -0.481 e. The summed E-state index contributed by atoms with van der Waals surface area (Å²) in [6, 6.07) is 2.20. The third kappa shape index (κ3) is 7.93. The molecule has 0 aromatic carbocycles. The average Bonchev–Trinajstić information content (AvgIpc) is 3.15. The number of allylic oxidation sites excluding steroid dienone is 2. The topological polar surface area (TPSA) is 87.0 Å². The molecule has 168 valence electrons. The second kappa shape index (κ2) is 12.8. The van der Waals surface area contributed by atoms with Gasteiger partial charge in [0.2, 0.25) is 0 Å². The summed E-state index contributed by atoms with van der Waals surface area (Å²) in [4.78, 5) is 11.9. The third-order valence-electron chi connectivity index (χ3n) is 5.69. The first-order chi connectivity index (χ1) is 14.3. The van der Waals surface area contributed by atoms with Crippen molar-refractivity contribution in [3.8, 4) is 0 Å². The van der Waals surface area contributed by atoms with Crippen molar-refractivity contribution in [1.82, 2.24) is 0 Å². The van der Waals surface area contributed by atoms with E-state index in [1.165, 1.54) is 14.2 Å². The molecule has 1 heterocycles. The van der Waals surface area contributed by atoms with Crippen molar-refractivity contribution >= 4 is 33.2 Å². The van der Waals surface area contributed by atoms with E-state index in [9.17, 15) is 15.0 Å². The largest absolute Gasteiger partial charge is 0.481 e. The molecule has 0 bridgehead atoms. The van der Waals surface area contributed by atoms with Gasteiger partial charge in [0.05, 0.1) is 22.1 Å². The van der Waals surface area contributed by atoms with Crippen molar-refractivity contribution in [2.75, 3.05) is 7.11 Å². The number of methoxy groups -OCH3 is 1. The molecule has 1 aliphatic rings. The first-order valence-electron chi connectivity index (χ1n) is 10.5. The molecule has 0 radical (unpaired) electrons. The molecule has 5 atom stereocenters. The number of hydrogen-bond acceptors (Lipinski definition) is 5. The SMILES string of the molecule is COC(/C=C/C1C(O)CC(O)C1C/C=C/CCCC(=O)O)CCc1cc(C)c(Br)s1. The summed E-state index contributed by atoms with van der Waals surface area (Å²) in [7, 11) is 1.70. The molecule has 1 saturated carbocycles. The lowest BCUT2D eigenvalue weighted by molar-refractivity contribution is -0.137. The van der Waals surface area contributed by atoms with Crippen LogP contribution in [0.5, 0.6) is 0 Å². The van der Waals surface area contributed by atoms with E-state index in [1.54, 1.807) is 18.4 Å². The van der Waals surface area contributed by atoms with Crippen molar-refractivity contribution in [2.24, 2.45) is 11.8 Å². The highest BCUT2D eigenvalue weighted by molar-refractivity contribution is 9.11. The number of aliphatic hydroxyl groups excluding tert-OH is 2. The van der Waals surface area contributed by atoms with Gasteiger partial charge in [0.15, 0.2) is 0 Å². The summed E-state index contributed by atoms with van der Waals surface area (Å²) >= 11 is 5.32. The lowest BCUT2D eigenvalue weighted by Crippen LogP contribution is -2.20. The molecule has 1 aliphatic carbocycles. The number of thiophene rings is 1. The van der Waals surface area contributed by atoms with Gasteiger partial charge in [0.1, 0.15) is 0 Å². The second-order valence-electron chi connectivity index (χ2n) is 7.97. The Balaban J connectivity index is 1.88. The standard InChI is InChI=1S/C23H33BrO5S/c1-15-13-17(30-23(15)24)11-9-16(29-2)10-12-19-18(20(25)14-21(19)26)7-5-3-4-6-8-22(27)28/h3,5,10,12-13,16,18-21,25-26H,4,6-9,11,14H2,1-2H3,(H,27,28)/b5-3+,12-10+. The fourth-order valence-electron chi connectivity index (χ4n) is 3.92. The molecule has 1 aromatic heterocycles. The van der Waals surface area contributed by atoms with E-state index in [2.05, 4.69) is 28.9 Å². The van der Waals surface area contributed by atoms with Crippen LogP contribution >= 0.6 is 27.3 Å². The van der Waals surface area contributed by atoms with Gasteiger partial charge in [-0.3, -0.25) is 4.79 Å². The van der Waals surface area contributed by atoms with Gasteiger partial charge in [-0.1, -0.05) is 24.3 Å². The molecule has 0 spiro atoms. The van der Waals surface area contributed by atoms with Gasteiger partial charge >= 0.3 is 5.97 Å². The van der Waals surface area contributed by atoms with E-state index in [0.29, 0.717) is 25.7 Å². The van der Waals surface area contributed by atoms with Gasteiger partial charge in [-0.2, -0.15) is 0 Å². The Morgan fingerprint density at radius 3 is 2.77 bits per heavy atom. The Morgan fingerprint density at radius 1 is 1.37 bits per heavy atom. The molecule has 0 saturated heterocycles. The van der Waals surface area contributed by atoms with Crippen molar-refractivity contribution in [3.05, 3.63) is 44.6 Å². The minimum atomic E-state index is -0.780. The number of rotatable bonds is 12. The lowest BCUT2D eigenvalue weighted by atomic mass is 9.89. The van der Waals surface area contributed by atoms with Crippen LogP contribution in [0.3, 0.4) is 0 Å². The van der Waals surface area contributed by atoms with E-state index in [-0.39, 0.29) is 24.4 Å². The number of hydrogen-bond donors (Lipinski definition) is 3. The highest BCUT2D eigenvalue weighted by Crippen LogP contribution is 2.36. The molecule has 1 fully saturated rings. The van der Waals surface area contributed by atoms with Crippen molar-refractivity contribution < 1.29 is 24.9 Å². The first kappa shape index (κ1) is 25.3. The van der Waals surface area contributed by atoms with Gasteiger partial charge in [0.25, 0.3) is 0 Å². The monoisotopic (exact) mass is 500 g/mol. The summed E-state index contributed by atoms with van der Waals surface area (Å²) in [5, 5.41) is 29.5. The third-order valence-corrected chi connectivity index (χ3v) is 7.88. The molecule has 5 unspecified atom stereocenters. The zero-order valence-corrected chi connectivity index (χ0v) is 20.1. The number of carboxylic acids is 1. The smallest absolute Gasteiger partial charge is 0.303 e. The maximum atomic E-state index is 10.6. The maximum Gasteiger partial charge on any atom is 0.303 e. The number of carboxylic acid groups (broad SMARTS) is 1. The normalized spacial score (nSPS) is 25.5. The number of carbonyl (C=O) groups is 1. The highest BCUT2D eigenvalue weighted by Gasteiger charge is 2.39. The molecule has 3 N–H and O–H groups in total. The van der Waals surface area contributed by atoms with Crippen molar-refractivity contribution in [3.63, 3.8) is 0 Å². The van der Waals surface area contributed by atoms with Gasteiger partial charge in [-0.05, 0) is 72.5 Å². The summed E-state index contributed by atoms with van der Waals surface area (Å²) in [6.07, 6.45) is 11.2. The van der Waals surface area contributed by atoms with Gasteiger partial charge in [-0.15, -0.1) is 11.3 Å². The molecule has 1 aromatic rings. The zero-order chi connectivity index (χ0) is 22.1. The first-order valence-corrected chi connectivity index (χ1v) is 12.1. The van der Waals surface area contributed by atoms with Crippen LogP contribution in [0.4, 0.5) is 0 Å². The Bertz CT molecular complexity index is 710. The van der Waals surface area contributed by atoms with Crippen LogP contribution in [0, 0.1) is 18.8 Å². The summed E-state index contributed by atoms with van der Waals surface area (Å²) < 4.78 is 6.78. The molecule has 0 amide bonds. The molecular formula is C23H33BrO5S. The van der Waals surface area contributed by atoms with Crippen LogP contribution in [-0.2, 0) is 16.0 Å². The van der Waals surface area contributed by atoms with Gasteiger partial charge < -0.3 is 20.1 Å². The van der Waals surface area contributed by atoms with E-state index in [1.807, 2.05) is 24.3 Å². The number of ether oxygens (including phenoxy) is 1. The number of unbranched alkanes of at least 4 members (excludes halogenated alkanes) is 1. The Labute approximate surface area is 191 Å². The second-order valence-corrected chi connectivity index (χ2v) is 10.4. The van der Waals surface area contributed by atoms with Crippen molar-refractivity contribution in [1.29, 1.82) is 0 Å². The Kier molecular flexibility index (Phi) is 10.8. The van der Waals surface area contributed by atoms with Crippen LogP contribution in [0.1, 0.15) is 49.0 Å². The lowest BCUT2D eigenvalue weighted by Gasteiger charge is -2.20. The number of aryl methyl sites for hydroxylation is 2.